The molecule has 1 heterocycles. The average Bonchev–Trinajstić information content (AvgIpc) is 2.48. The highest BCUT2D eigenvalue weighted by molar-refractivity contribution is 8.01. The number of carboxylic acids is 1. The summed E-state index contributed by atoms with van der Waals surface area (Å²) < 4.78 is 5.46. The van der Waals surface area contributed by atoms with Crippen LogP contribution in [0.4, 0.5) is 0 Å². The molecule has 3 rings (SSSR count). The van der Waals surface area contributed by atoms with E-state index >= 15 is 0 Å². The van der Waals surface area contributed by atoms with Gasteiger partial charge in [-0.05, 0) is 30.2 Å². The van der Waals surface area contributed by atoms with E-state index in [1.807, 2.05) is 36.4 Å². The fraction of sp³-hybridized carbons (Fsp3) is 0.133. The molecule has 106 valence electrons. The van der Waals surface area contributed by atoms with Crippen molar-refractivity contribution < 1.29 is 19.6 Å². The quantitative estimate of drug-likeness (QED) is 0.853. The maximum absolute atomic E-state index is 11.2. The SMILES string of the molecule is O=C(O)c1cccc2c1OB(O)C(Sc1ccccc1)C2. The highest BCUT2D eigenvalue weighted by atomic mass is 32.2. The molecule has 2 aromatic carbocycles. The maximum atomic E-state index is 11.2. The van der Waals surface area contributed by atoms with E-state index in [2.05, 4.69) is 0 Å². The predicted octanol–water partition coefficient (Wildman–Crippen LogP) is 2.50. The summed E-state index contributed by atoms with van der Waals surface area (Å²) in [6.07, 6.45) is 0.567. The van der Waals surface area contributed by atoms with Crippen molar-refractivity contribution in [2.24, 2.45) is 0 Å². The molecule has 0 spiro atoms. The van der Waals surface area contributed by atoms with Crippen LogP contribution in [0.25, 0.3) is 0 Å². The smallest absolute Gasteiger partial charge is 0.535 e. The minimum atomic E-state index is -1.05. The monoisotopic (exact) mass is 300 g/mol. The Labute approximate surface area is 126 Å². The van der Waals surface area contributed by atoms with Crippen LogP contribution in [-0.4, -0.2) is 28.4 Å². The summed E-state index contributed by atoms with van der Waals surface area (Å²) in [6.45, 7) is 0. The summed E-state index contributed by atoms with van der Waals surface area (Å²) in [5, 5.41) is 19.1. The van der Waals surface area contributed by atoms with Crippen LogP contribution in [0.1, 0.15) is 15.9 Å². The maximum Gasteiger partial charge on any atom is 0.537 e. The number of fused-ring (bicyclic) bond motifs is 1. The van der Waals surface area contributed by atoms with E-state index in [1.54, 1.807) is 6.07 Å². The van der Waals surface area contributed by atoms with Gasteiger partial charge in [-0.15, -0.1) is 11.8 Å². The first kappa shape index (κ1) is 14.0. The van der Waals surface area contributed by atoms with Gasteiger partial charge < -0.3 is 14.8 Å². The van der Waals surface area contributed by atoms with Crippen LogP contribution in [0.3, 0.4) is 0 Å². The Morgan fingerprint density at radius 1 is 1.19 bits per heavy atom. The molecule has 6 heteroatoms. The van der Waals surface area contributed by atoms with Gasteiger partial charge in [0.15, 0.2) is 0 Å². The third kappa shape index (κ3) is 2.91. The summed E-state index contributed by atoms with van der Waals surface area (Å²) in [4.78, 5) is 12.2. The molecule has 4 nitrogen and oxygen atoms in total. The molecule has 0 aliphatic carbocycles. The standard InChI is InChI=1S/C15H13BO4S/c17-15(18)12-8-4-5-10-9-13(16(19)20-14(10)12)21-11-6-2-1-3-7-11/h1-8,13,19H,9H2,(H,17,18). The second-order valence-corrected chi connectivity index (χ2v) is 6.09. The minimum absolute atomic E-state index is 0.0923. The fourth-order valence-corrected chi connectivity index (χ4v) is 3.44. The zero-order chi connectivity index (χ0) is 14.8. The van der Waals surface area contributed by atoms with E-state index in [9.17, 15) is 9.82 Å². The van der Waals surface area contributed by atoms with Crippen LogP contribution >= 0.6 is 11.8 Å². The van der Waals surface area contributed by atoms with Gasteiger partial charge in [-0.3, -0.25) is 0 Å². The van der Waals surface area contributed by atoms with Crippen LogP contribution in [0.2, 0.25) is 0 Å². The lowest BCUT2D eigenvalue weighted by Crippen LogP contribution is -2.40. The molecular weight excluding hydrogens is 287 g/mol. The molecule has 0 fully saturated rings. The number of carboxylic acid groups (broad SMARTS) is 1. The molecule has 2 N–H and O–H groups in total. The van der Waals surface area contributed by atoms with Gasteiger partial charge in [0, 0.05) is 4.90 Å². The van der Waals surface area contributed by atoms with Gasteiger partial charge in [-0.25, -0.2) is 4.79 Å². The van der Waals surface area contributed by atoms with Crippen molar-refractivity contribution in [2.75, 3.05) is 0 Å². The Hall–Kier alpha value is -1.92. The molecule has 0 radical (unpaired) electrons. The number of para-hydroxylation sites is 1. The molecule has 0 saturated carbocycles. The summed E-state index contributed by atoms with van der Waals surface area (Å²) in [5.41, 5.74) is 0.906. The Bertz CT molecular complexity index is 662. The lowest BCUT2D eigenvalue weighted by atomic mass is 9.77. The van der Waals surface area contributed by atoms with Crippen molar-refractivity contribution in [1.29, 1.82) is 0 Å². The molecule has 2 aromatic rings. The summed E-state index contributed by atoms with van der Waals surface area (Å²) >= 11 is 1.53. The number of thioether (sulfide) groups is 1. The molecule has 1 unspecified atom stereocenters. The van der Waals surface area contributed by atoms with E-state index < -0.39 is 13.1 Å². The number of benzene rings is 2. The first-order valence-electron chi connectivity index (χ1n) is 6.57. The zero-order valence-electron chi connectivity index (χ0n) is 11.1. The van der Waals surface area contributed by atoms with Crippen molar-refractivity contribution in [1.82, 2.24) is 0 Å². The molecule has 1 atom stereocenters. The average molecular weight is 300 g/mol. The first-order chi connectivity index (χ1) is 10.1. The fourth-order valence-electron chi connectivity index (χ4n) is 2.34. The van der Waals surface area contributed by atoms with Crippen LogP contribution < -0.4 is 4.65 Å². The number of rotatable bonds is 3. The van der Waals surface area contributed by atoms with Crippen LogP contribution in [0, 0.1) is 0 Å². The highest BCUT2D eigenvalue weighted by Crippen LogP contribution is 2.36. The Balaban J connectivity index is 1.86. The Morgan fingerprint density at radius 2 is 1.95 bits per heavy atom. The Kier molecular flexibility index (Phi) is 3.90. The van der Waals surface area contributed by atoms with E-state index in [-0.39, 0.29) is 16.5 Å². The van der Waals surface area contributed by atoms with Crippen LogP contribution in [0.15, 0.2) is 53.4 Å². The Morgan fingerprint density at radius 3 is 2.67 bits per heavy atom. The van der Waals surface area contributed by atoms with Crippen molar-refractivity contribution in [3.8, 4) is 5.75 Å². The van der Waals surface area contributed by atoms with Gasteiger partial charge in [-0.1, -0.05) is 30.3 Å². The van der Waals surface area contributed by atoms with Gasteiger partial charge >= 0.3 is 13.1 Å². The summed E-state index contributed by atoms with van der Waals surface area (Å²) in [6, 6.07) is 14.8. The van der Waals surface area contributed by atoms with Crippen LogP contribution in [-0.2, 0) is 6.42 Å². The number of hydrogen-bond donors (Lipinski definition) is 2. The zero-order valence-corrected chi connectivity index (χ0v) is 11.9. The third-order valence-electron chi connectivity index (χ3n) is 3.34. The normalized spacial score (nSPS) is 17.0. The van der Waals surface area contributed by atoms with Gasteiger partial charge in [0.05, 0.1) is 10.7 Å². The molecular formula is C15H13BO4S. The molecule has 0 saturated heterocycles. The number of aromatic carboxylic acids is 1. The lowest BCUT2D eigenvalue weighted by molar-refractivity contribution is 0.0694. The van der Waals surface area contributed by atoms with E-state index in [1.165, 1.54) is 17.8 Å². The van der Waals surface area contributed by atoms with Gasteiger partial charge in [0.1, 0.15) is 5.75 Å². The molecule has 0 amide bonds. The van der Waals surface area contributed by atoms with Gasteiger partial charge in [0.25, 0.3) is 0 Å². The molecule has 0 aromatic heterocycles. The first-order valence-corrected chi connectivity index (χ1v) is 7.45. The highest BCUT2D eigenvalue weighted by Gasteiger charge is 2.37. The minimum Gasteiger partial charge on any atom is -0.535 e. The van der Waals surface area contributed by atoms with Crippen molar-refractivity contribution in [2.45, 2.75) is 16.5 Å². The number of carbonyl (C=O) groups is 1. The third-order valence-corrected chi connectivity index (χ3v) is 4.58. The van der Waals surface area contributed by atoms with Crippen molar-refractivity contribution >= 4 is 24.8 Å². The molecule has 1 aliphatic rings. The number of hydrogen-bond acceptors (Lipinski definition) is 4. The van der Waals surface area contributed by atoms with Gasteiger partial charge in [-0.2, -0.15) is 0 Å². The molecule has 0 bridgehead atoms. The predicted molar refractivity (Wildman–Crippen MR) is 81.8 cm³/mol. The second-order valence-electron chi connectivity index (χ2n) is 4.78. The molecule has 21 heavy (non-hydrogen) atoms. The summed E-state index contributed by atoms with van der Waals surface area (Å²) in [5.74, 6) is -0.768. The van der Waals surface area contributed by atoms with E-state index in [0.717, 1.165) is 10.5 Å². The van der Waals surface area contributed by atoms with Crippen molar-refractivity contribution in [3.05, 3.63) is 59.7 Å². The lowest BCUT2D eigenvalue weighted by Gasteiger charge is -2.27. The largest absolute Gasteiger partial charge is 0.537 e. The van der Waals surface area contributed by atoms with E-state index in [4.69, 9.17) is 9.76 Å². The molecule has 1 aliphatic heterocycles. The topological polar surface area (TPSA) is 66.8 Å². The van der Waals surface area contributed by atoms with E-state index in [0.29, 0.717) is 6.42 Å². The second kappa shape index (κ2) is 5.83. The van der Waals surface area contributed by atoms with Crippen LogP contribution in [0.5, 0.6) is 5.75 Å². The summed E-state index contributed by atoms with van der Waals surface area (Å²) in [7, 11) is -1.02. The van der Waals surface area contributed by atoms with Gasteiger partial charge in [0.2, 0.25) is 0 Å². The van der Waals surface area contributed by atoms with Crippen molar-refractivity contribution in [3.63, 3.8) is 0 Å².